The quantitative estimate of drug-likeness (QED) is 0.817. The molecule has 0 spiro atoms. The van der Waals surface area contributed by atoms with E-state index in [1.807, 2.05) is 30.3 Å². The van der Waals surface area contributed by atoms with E-state index < -0.39 is 21.5 Å². The monoisotopic (exact) mass is 239 g/mol. The molecule has 4 nitrogen and oxygen atoms in total. The Hall–Kier alpha value is -1.62. The topological polar surface area (TPSA) is 77.2 Å². The van der Waals surface area contributed by atoms with Crippen LogP contribution in [0.25, 0.3) is 6.08 Å². The third kappa shape index (κ3) is 4.75. The molecule has 2 N–H and O–H groups in total. The van der Waals surface area contributed by atoms with Crippen LogP contribution in [-0.4, -0.2) is 25.8 Å². The molecule has 1 rings (SSSR count). The molecule has 0 bridgehead atoms. The van der Waals surface area contributed by atoms with Gasteiger partial charge in [0.1, 0.15) is 5.75 Å². The van der Waals surface area contributed by atoms with Gasteiger partial charge in [-0.2, -0.15) is 0 Å². The second-order valence-electron chi connectivity index (χ2n) is 3.33. The van der Waals surface area contributed by atoms with Crippen molar-refractivity contribution in [1.82, 2.24) is 0 Å². The molecule has 0 aliphatic heterocycles. The Kier molecular flexibility index (Phi) is 4.25. The van der Waals surface area contributed by atoms with Crippen molar-refractivity contribution in [2.45, 2.75) is 0 Å². The molecule has 5 heteroatoms. The second kappa shape index (κ2) is 5.46. The Morgan fingerprint density at radius 1 is 1.25 bits per heavy atom. The third-order valence-corrected chi connectivity index (χ3v) is 3.25. The van der Waals surface area contributed by atoms with Crippen LogP contribution in [0.2, 0.25) is 0 Å². The summed E-state index contributed by atoms with van der Waals surface area (Å²) in [5, 5.41) is 0. The van der Waals surface area contributed by atoms with Crippen LogP contribution in [0.5, 0.6) is 0 Å². The van der Waals surface area contributed by atoms with Gasteiger partial charge in [0.15, 0.2) is 9.84 Å². The van der Waals surface area contributed by atoms with Crippen LogP contribution in [-0.2, 0) is 14.6 Å². The number of nitrogens with two attached hydrogens (primary N) is 1. The zero-order chi connectivity index (χ0) is 12.0. The van der Waals surface area contributed by atoms with E-state index in [0.717, 1.165) is 5.56 Å². The highest BCUT2D eigenvalue weighted by atomic mass is 32.2. The van der Waals surface area contributed by atoms with Crippen molar-refractivity contribution in [3.05, 3.63) is 42.0 Å². The summed E-state index contributed by atoms with van der Waals surface area (Å²) in [7, 11) is -3.41. The van der Waals surface area contributed by atoms with Crippen molar-refractivity contribution >= 4 is 21.8 Å². The zero-order valence-corrected chi connectivity index (χ0v) is 9.48. The number of rotatable bonds is 5. The van der Waals surface area contributed by atoms with Gasteiger partial charge in [-0.25, -0.2) is 8.42 Å². The first kappa shape index (κ1) is 12.4. The number of hydrogen-bond donors (Lipinski definition) is 1. The number of benzene rings is 1. The molecule has 0 atom stereocenters. The number of hydrogen-bond acceptors (Lipinski definition) is 3. The fourth-order valence-corrected chi connectivity index (χ4v) is 2.11. The van der Waals surface area contributed by atoms with Crippen LogP contribution in [0, 0.1) is 0 Å². The number of carbonyl (C=O) groups is 1. The summed E-state index contributed by atoms with van der Waals surface area (Å²) >= 11 is 0. The van der Waals surface area contributed by atoms with Crippen LogP contribution < -0.4 is 5.73 Å². The molecule has 0 aromatic heterocycles. The van der Waals surface area contributed by atoms with Gasteiger partial charge in [-0.3, -0.25) is 4.79 Å². The lowest BCUT2D eigenvalue weighted by atomic mass is 10.2. The normalized spacial score (nSPS) is 11.8. The predicted molar refractivity (Wildman–Crippen MR) is 63.3 cm³/mol. The van der Waals surface area contributed by atoms with E-state index in [2.05, 4.69) is 0 Å². The van der Waals surface area contributed by atoms with Gasteiger partial charge in [-0.05, 0) is 5.56 Å². The van der Waals surface area contributed by atoms with E-state index in [4.69, 9.17) is 5.73 Å². The molecule has 0 heterocycles. The van der Waals surface area contributed by atoms with Gasteiger partial charge in [-0.15, -0.1) is 0 Å². The summed E-state index contributed by atoms with van der Waals surface area (Å²) in [5.74, 6) is -1.61. The maximum atomic E-state index is 11.3. The zero-order valence-electron chi connectivity index (χ0n) is 8.67. The summed E-state index contributed by atoms with van der Waals surface area (Å²) in [4.78, 5) is 10.5. The first-order valence-corrected chi connectivity index (χ1v) is 6.52. The Bertz CT molecular complexity index is 477. The molecule has 86 valence electrons. The minimum atomic E-state index is -3.41. The van der Waals surface area contributed by atoms with Crippen molar-refractivity contribution in [2.24, 2.45) is 5.73 Å². The van der Waals surface area contributed by atoms with Gasteiger partial charge in [0.25, 0.3) is 0 Å². The van der Waals surface area contributed by atoms with Crippen molar-refractivity contribution in [1.29, 1.82) is 0 Å². The maximum absolute atomic E-state index is 11.3. The van der Waals surface area contributed by atoms with Gasteiger partial charge >= 0.3 is 0 Å². The smallest absolute Gasteiger partial charge is 0.232 e. The van der Waals surface area contributed by atoms with E-state index in [1.165, 1.54) is 6.08 Å². The maximum Gasteiger partial charge on any atom is 0.232 e. The molecular weight excluding hydrogens is 226 g/mol. The van der Waals surface area contributed by atoms with Crippen molar-refractivity contribution < 1.29 is 13.2 Å². The minimum Gasteiger partial charge on any atom is -0.369 e. The fraction of sp³-hybridized carbons (Fsp3) is 0.182. The summed E-state index contributed by atoms with van der Waals surface area (Å²) in [5.41, 5.74) is 5.73. The van der Waals surface area contributed by atoms with E-state index in [1.54, 1.807) is 6.08 Å². The lowest BCUT2D eigenvalue weighted by Gasteiger charge is -1.96. The molecule has 0 aliphatic carbocycles. The molecule has 1 amide bonds. The van der Waals surface area contributed by atoms with Crippen LogP contribution in [0.1, 0.15) is 5.56 Å². The highest BCUT2D eigenvalue weighted by Gasteiger charge is 2.11. The van der Waals surface area contributed by atoms with Crippen molar-refractivity contribution in [3.63, 3.8) is 0 Å². The third-order valence-electron chi connectivity index (χ3n) is 1.82. The molecule has 0 radical (unpaired) electrons. The molecule has 0 fully saturated rings. The van der Waals surface area contributed by atoms with Gasteiger partial charge in [0.05, 0.1) is 5.75 Å². The van der Waals surface area contributed by atoms with Gasteiger partial charge in [0, 0.05) is 0 Å². The Labute approximate surface area is 94.7 Å². The van der Waals surface area contributed by atoms with E-state index in [0.29, 0.717) is 0 Å². The predicted octanol–water partition coefficient (Wildman–Crippen LogP) is 0.600. The Balaban J connectivity index is 2.58. The molecule has 0 unspecified atom stereocenters. The molecule has 1 aromatic carbocycles. The average molecular weight is 239 g/mol. The highest BCUT2D eigenvalue weighted by molar-refractivity contribution is 7.92. The van der Waals surface area contributed by atoms with Crippen LogP contribution in [0.15, 0.2) is 36.4 Å². The lowest BCUT2D eigenvalue weighted by molar-refractivity contribution is -0.115. The van der Waals surface area contributed by atoms with Crippen LogP contribution in [0.3, 0.4) is 0 Å². The average Bonchev–Trinajstić information content (AvgIpc) is 2.16. The largest absolute Gasteiger partial charge is 0.369 e. The van der Waals surface area contributed by atoms with Crippen molar-refractivity contribution in [3.8, 4) is 0 Å². The second-order valence-corrected chi connectivity index (χ2v) is 5.44. The van der Waals surface area contributed by atoms with Gasteiger partial charge in [-0.1, -0.05) is 42.5 Å². The lowest BCUT2D eigenvalue weighted by Crippen LogP contribution is -2.24. The molecule has 16 heavy (non-hydrogen) atoms. The Morgan fingerprint density at radius 2 is 1.88 bits per heavy atom. The van der Waals surface area contributed by atoms with Crippen LogP contribution in [0.4, 0.5) is 0 Å². The van der Waals surface area contributed by atoms with E-state index in [9.17, 15) is 13.2 Å². The molecule has 0 saturated carbocycles. The van der Waals surface area contributed by atoms with Crippen molar-refractivity contribution in [2.75, 3.05) is 11.5 Å². The molecule has 0 aliphatic rings. The number of amides is 1. The SMILES string of the molecule is NC(=O)CS(=O)(=O)CC=Cc1ccccc1. The minimum absolute atomic E-state index is 0.176. The number of primary amides is 1. The molecular formula is C11H13NO3S. The first-order chi connectivity index (χ1) is 7.49. The molecule has 0 saturated heterocycles. The summed E-state index contributed by atoms with van der Waals surface area (Å²) in [6.45, 7) is 0. The van der Waals surface area contributed by atoms with E-state index in [-0.39, 0.29) is 5.75 Å². The number of carbonyl (C=O) groups excluding carboxylic acids is 1. The van der Waals surface area contributed by atoms with Gasteiger partial charge in [0.2, 0.25) is 5.91 Å². The molecule has 1 aromatic rings. The summed E-state index contributed by atoms with van der Waals surface area (Å²) < 4.78 is 22.6. The summed E-state index contributed by atoms with van der Waals surface area (Å²) in [6.07, 6.45) is 3.20. The van der Waals surface area contributed by atoms with E-state index >= 15 is 0 Å². The first-order valence-electron chi connectivity index (χ1n) is 4.70. The fourth-order valence-electron chi connectivity index (χ4n) is 1.17. The number of sulfone groups is 1. The highest BCUT2D eigenvalue weighted by Crippen LogP contribution is 2.01. The standard InChI is InChI=1S/C11H13NO3S/c12-11(13)9-16(14,15)8-4-7-10-5-2-1-3-6-10/h1-7H,8-9H2,(H2,12,13). The van der Waals surface area contributed by atoms with Crippen LogP contribution >= 0.6 is 0 Å². The summed E-state index contributed by atoms with van der Waals surface area (Å²) in [6, 6.07) is 9.31. The van der Waals surface area contributed by atoms with Gasteiger partial charge < -0.3 is 5.73 Å². The Morgan fingerprint density at radius 3 is 2.44 bits per heavy atom.